The van der Waals surface area contributed by atoms with Crippen molar-refractivity contribution in [3.05, 3.63) is 42.1 Å². The Balaban J connectivity index is 3.30. The number of rotatable bonds is 2. The Kier molecular flexibility index (Phi) is 2.28. The lowest BCUT2D eigenvalue weighted by atomic mass is 10.3. The smallest absolute Gasteiger partial charge is 0.199 e. The molecule has 1 rings (SSSR count). The molecule has 0 aromatic heterocycles. The van der Waals surface area contributed by atoms with E-state index >= 15 is 0 Å². The SMILES string of the molecule is C=CS(=O)(=O)c1cccc([18F])c1. The zero-order valence-corrected chi connectivity index (χ0v) is 7.01. The third kappa shape index (κ3) is 1.71. The highest BCUT2D eigenvalue weighted by Gasteiger charge is 2.08. The standard InChI is InChI=1S/C8H7FO2S/c1-2-12(10,11)8-5-3-4-7(9)6-8/h2-6H,1H2/i9-1. The molecule has 0 aliphatic carbocycles. The molecule has 4 heteroatoms. The second kappa shape index (κ2) is 3.06. The number of benzene rings is 1. The van der Waals surface area contributed by atoms with E-state index in [1.807, 2.05) is 0 Å². The lowest BCUT2D eigenvalue weighted by Gasteiger charge is -1.96. The minimum atomic E-state index is -3.50. The van der Waals surface area contributed by atoms with Crippen molar-refractivity contribution in [1.29, 1.82) is 0 Å². The molecule has 0 saturated heterocycles. The van der Waals surface area contributed by atoms with Crippen LogP contribution in [0.1, 0.15) is 0 Å². The molecule has 0 radical (unpaired) electrons. The molecule has 0 spiro atoms. The van der Waals surface area contributed by atoms with Gasteiger partial charge in [-0.15, -0.1) is 0 Å². The average Bonchev–Trinajstić information content (AvgIpc) is 2.05. The van der Waals surface area contributed by atoms with Crippen LogP contribution in [0.3, 0.4) is 0 Å². The first-order valence-corrected chi connectivity index (χ1v) is 4.74. The van der Waals surface area contributed by atoms with Crippen molar-refractivity contribution >= 4 is 9.84 Å². The van der Waals surface area contributed by atoms with Gasteiger partial charge in [-0.2, -0.15) is 0 Å². The van der Waals surface area contributed by atoms with Crippen molar-refractivity contribution in [1.82, 2.24) is 0 Å². The fraction of sp³-hybridized carbons (Fsp3) is 0. The van der Waals surface area contributed by atoms with Gasteiger partial charge in [0, 0.05) is 5.41 Å². The maximum Gasteiger partial charge on any atom is 0.199 e. The summed E-state index contributed by atoms with van der Waals surface area (Å²) < 4.78 is 34.7. The Morgan fingerprint density at radius 2 is 2.08 bits per heavy atom. The topological polar surface area (TPSA) is 34.1 Å². The van der Waals surface area contributed by atoms with Crippen molar-refractivity contribution < 1.29 is 12.8 Å². The fourth-order valence-corrected chi connectivity index (χ4v) is 1.48. The van der Waals surface area contributed by atoms with E-state index in [0.717, 1.165) is 11.5 Å². The first-order valence-electron chi connectivity index (χ1n) is 3.19. The monoisotopic (exact) mass is 185 g/mol. The Bertz CT molecular complexity index is 395. The van der Waals surface area contributed by atoms with Crippen molar-refractivity contribution in [3.63, 3.8) is 0 Å². The van der Waals surface area contributed by atoms with Crippen LogP contribution in [0.5, 0.6) is 0 Å². The number of sulfone groups is 1. The summed E-state index contributed by atoms with van der Waals surface area (Å²) in [6, 6.07) is 4.80. The van der Waals surface area contributed by atoms with E-state index in [-0.39, 0.29) is 4.90 Å². The van der Waals surface area contributed by atoms with Crippen LogP contribution >= 0.6 is 0 Å². The Morgan fingerprint density at radius 3 is 2.58 bits per heavy atom. The molecular formula is C8H7FO2S. The molecule has 0 heterocycles. The number of hydrogen-bond acceptors (Lipinski definition) is 2. The summed E-state index contributed by atoms with van der Waals surface area (Å²) in [6.45, 7) is 3.13. The highest BCUT2D eigenvalue weighted by molar-refractivity contribution is 7.94. The highest BCUT2D eigenvalue weighted by Crippen LogP contribution is 2.12. The van der Waals surface area contributed by atoms with E-state index in [4.69, 9.17) is 0 Å². The minimum Gasteiger partial charge on any atom is -0.219 e. The summed E-state index contributed by atoms with van der Waals surface area (Å²) in [5.41, 5.74) is 0. The molecule has 0 unspecified atom stereocenters. The Hall–Kier alpha value is -1.16. The van der Waals surface area contributed by atoms with Crippen LogP contribution in [0.15, 0.2) is 41.1 Å². The molecule has 0 saturated carbocycles. The van der Waals surface area contributed by atoms with Gasteiger partial charge in [0.1, 0.15) is 5.82 Å². The van der Waals surface area contributed by atoms with Crippen LogP contribution in [-0.2, 0) is 9.84 Å². The van der Waals surface area contributed by atoms with E-state index in [2.05, 4.69) is 6.58 Å². The van der Waals surface area contributed by atoms with Crippen LogP contribution in [0, 0.1) is 5.82 Å². The van der Waals surface area contributed by atoms with Crippen LogP contribution < -0.4 is 0 Å². The van der Waals surface area contributed by atoms with Gasteiger partial charge in [-0.3, -0.25) is 0 Å². The summed E-state index contributed by atoms with van der Waals surface area (Å²) in [5, 5.41) is 0.793. The molecule has 0 fully saturated rings. The maximum atomic E-state index is 12.5. The first-order chi connectivity index (χ1) is 5.56. The van der Waals surface area contributed by atoms with Gasteiger partial charge in [0.25, 0.3) is 0 Å². The van der Waals surface area contributed by atoms with Gasteiger partial charge < -0.3 is 0 Å². The lowest BCUT2D eigenvalue weighted by Crippen LogP contribution is -1.95. The van der Waals surface area contributed by atoms with Gasteiger partial charge in [-0.1, -0.05) is 12.6 Å². The third-order valence-corrected chi connectivity index (χ3v) is 2.69. The molecule has 1 aromatic rings. The molecule has 0 bridgehead atoms. The van der Waals surface area contributed by atoms with Crippen LogP contribution in [0.4, 0.5) is 4.39 Å². The summed E-state index contributed by atoms with van der Waals surface area (Å²) in [6.07, 6.45) is 0. The van der Waals surface area contributed by atoms with Crippen molar-refractivity contribution in [2.24, 2.45) is 0 Å². The molecule has 0 atom stereocenters. The van der Waals surface area contributed by atoms with Crippen molar-refractivity contribution in [2.45, 2.75) is 4.90 Å². The first kappa shape index (κ1) is 8.93. The van der Waals surface area contributed by atoms with Gasteiger partial charge in [0.05, 0.1) is 4.90 Å². The highest BCUT2D eigenvalue weighted by atomic mass is 32.2. The predicted octanol–water partition coefficient (Wildman–Crippen LogP) is 1.74. The van der Waals surface area contributed by atoms with E-state index in [1.54, 1.807) is 0 Å². The van der Waals surface area contributed by atoms with E-state index in [9.17, 15) is 12.8 Å². The van der Waals surface area contributed by atoms with Gasteiger partial charge in [-0.05, 0) is 18.2 Å². The Morgan fingerprint density at radius 1 is 1.42 bits per heavy atom. The second-order valence-electron chi connectivity index (χ2n) is 2.17. The largest absolute Gasteiger partial charge is 0.219 e. The molecular weight excluding hydrogens is 178 g/mol. The molecule has 64 valence electrons. The fourth-order valence-electron chi connectivity index (χ4n) is 0.740. The summed E-state index contributed by atoms with van der Waals surface area (Å²) >= 11 is 0. The molecule has 0 aliphatic rings. The third-order valence-electron chi connectivity index (χ3n) is 1.34. The van der Waals surface area contributed by atoms with Gasteiger partial charge in [-0.25, -0.2) is 12.8 Å². The lowest BCUT2D eigenvalue weighted by molar-refractivity contribution is 0.598. The minimum absolute atomic E-state index is 0.0718. The predicted molar refractivity (Wildman–Crippen MR) is 43.8 cm³/mol. The zero-order valence-electron chi connectivity index (χ0n) is 6.20. The van der Waals surface area contributed by atoms with Gasteiger partial charge in [0.2, 0.25) is 0 Å². The summed E-state index contributed by atoms with van der Waals surface area (Å²) in [5.74, 6) is -0.571. The molecule has 0 N–H and O–H groups in total. The maximum absolute atomic E-state index is 12.5. The molecule has 1 aromatic carbocycles. The zero-order chi connectivity index (χ0) is 9.19. The summed E-state index contributed by atoms with van der Waals surface area (Å²) in [4.78, 5) is -0.0718. The molecule has 0 aliphatic heterocycles. The number of halogens is 1. The van der Waals surface area contributed by atoms with Crippen molar-refractivity contribution in [2.75, 3.05) is 0 Å². The number of hydrogen-bond donors (Lipinski definition) is 0. The molecule has 0 amide bonds. The average molecular weight is 185 g/mol. The van der Waals surface area contributed by atoms with Crippen LogP contribution in [0.25, 0.3) is 0 Å². The van der Waals surface area contributed by atoms with Gasteiger partial charge >= 0.3 is 0 Å². The molecule has 2 nitrogen and oxygen atoms in total. The van der Waals surface area contributed by atoms with E-state index < -0.39 is 15.7 Å². The quantitative estimate of drug-likeness (QED) is 0.703. The Labute approximate surface area is 70.3 Å². The van der Waals surface area contributed by atoms with E-state index in [0.29, 0.717) is 0 Å². The summed E-state index contributed by atoms with van der Waals surface area (Å²) in [7, 11) is -3.50. The van der Waals surface area contributed by atoms with Crippen LogP contribution in [-0.4, -0.2) is 8.42 Å². The van der Waals surface area contributed by atoms with Gasteiger partial charge in [0.15, 0.2) is 9.84 Å². The van der Waals surface area contributed by atoms with Crippen LogP contribution in [0.2, 0.25) is 0 Å². The molecule has 12 heavy (non-hydrogen) atoms. The van der Waals surface area contributed by atoms with Crippen molar-refractivity contribution in [3.8, 4) is 0 Å². The second-order valence-corrected chi connectivity index (χ2v) is 4.06. The van der Waals surface area contributed by atoms with E-state index in [1.165, 1.54) is 18.2 Å². The normalized spacial score (nSPS) is 11.1.